The van der Waals surface area contributed by atoms with Gasteiger partial charge in [0.05, 0.1) is 10.6 Å². The number of carboxylic acid groups (broad SMARTS) is 1. The lowest BCUT2D eigenvalue weighted by Gasteiger charge is -2.10. The van der Waals surface area contributed by atoms with Gasteiger partial charge in [0, 0.05) is 0 Å². The maximum absolute atomic E-state index is 11.0. The van der Waals surface area contributed by atoms with Crippen LogP contribution in [0.3, 0.4) is 0 Å². The molecular formula is C16H15ClO4. The fraction of sp³-hybridized carbons (Fsp3) is 0.188. The first kappa shape index (κ1) is 15.2. The molecule has 0 aliphatic rings. The lowest BCUT2D eigenvalue weighted by molar-refractivity contribution is 0.0695. The predicted octanol–water partition coefficient (Wildman–Crippen LogP) is 3.80. The number of ether oxygens (including phenoxy) is 2. The Kier molecular flexibility index (Phi) is 5.06. The molecule has 0 radical (unpaired) electrons. The third kappa shape index (κ3) is 4.13. The third-order valence-corrected chi connectivity index (χ3v) is 3.20. The molecule has 0 saturated carbocycles. The molecule has 2 rings (SSSR count). The number of benzene rings is 2. The smallest absolute Gasteiger partial charge is 0.336 e. The fourth-order valence-electron chi connectivity index (χ4n) is 1.79. The molecular weight excluding hydrogens is 292 g/mol. The standard InChI is InChI=1S/C16H15ClO4/c1-11-6-7-12(10-13(11)16(18)19)20-8-9-21-15-5-3-2-4-14(15)17/h2-7,10H,8-9H2,1H3,(H,18,19). The predicted molar refractivity (Wildman–Crippen MR) is 80.6 cm³/mol. The number of hydrogen-bond donors (Lipinski definition) is 1. The van der Waals surface area contributed by atoms with E-state index in [0.29, 0.717) is 35.3 Å². The topological polar surface area (TPSA) is 55.8 Å². The van der Waals surface area contributed by atoms with Crippen LogP contribution >= 0.6 is 11.6 Å². The van der Waals surface area contributed by atoms with Crippen LogP contribution in [0, 0.1) is 6.92 Å². The van der Waals surface area contributed by atoms with Crippen LogP contribution in [0.2, 0.25) is 5.02 Å². The molecule has 0 heterocycles. The minimum Gasteiger partial charge on any atom is -0.490 e. The van der Waals surface area contributed by atoms with Gasteiger partial charge in [-0.05, 0) is 36.8 Å². The van der Waals surface area contributed by atoms with Gasteiger partial charge in [-0.2, -0.15) is 0 Å². The van der Waals surface area contributed by atoms with Gasteiger partial charge in [0.15, 0.2) is 0 Å². The molecule has 0 unspecified atom stereocenters. The van der Waals surface area contributed by atoms with Gasteiger partial charge >= 0.3 is 5.97 Å². The van der Waals surface area contributed by atoms with E-state index in [9.17, 15) is 4.79 Å². The average molecular weight is 307 g/mol. The molecule has 2 aromatic rings. The second kappa shape index (κ2) is 6.99. The molecule has 0 bridgehead atoms. The van der Waals surface area contributed by atoms with Gasteiger partial charge < -0.3 is 14.6 Å². The molecule has 0 aliphatic heterocycles. The highest BCUT2D eigenvalue weighted by Gasteiger charge is 2.08. The van der Waals surface area contributed by atoms with E-state index in [1.807, 2.05) is 12.1 Å². The maximum Gasteiger partial charge on any atom is 0.336 e. The number of carboxylic acids is 1. The van der Waals surface area contributed by atoms with E-state index in [-0.39, 0.29) is 5.56 Å². The Morgan fingerprint density at radius 3 is 2.57 bits per heavy atom. The summed E-state index contributed by atoms with van der Waals surface area (Å²) in [5.41, 5.74) is 0.932. The Balaban J connectivity index is 1.88. The average Bonchev–Trinajstić information content (AvgIpc) is 2.46. The van der Waals surface area contributed by atoms with Crippen LogP contribution in [0.5, 0.6) is 11.5 Å². The zero-order chi connectivity index (χ0) is 15.2. The Hall–Kier alpha value is -2.20. The summed E-state index contributed by atoms with van der Waals surface area (Å²) in [6.07, 6.45) is 0. The lowest BCUT2D eigenvalue weighted by atomic mass is 10.1. The largest absolute Gasteiger partial charge is 0.490 e. The Morgan fingerprint density at radius 2 is 1.86 bits per heavy atom. The van der Waals surface area contributed by atoms with Gasteiger partial charge in [-0.1, -0.05) is 29.8 Å². The van der Waals surface area contributed by atoms with E-state index in [0.717, 1.165) is 0 Å². The number of halogens is 1. The summed E-state index contributed by atoms with van der Waals surface area (Å²) in [7, 11) is 0. The Bertz CT molecular complexity index is 640. The van der Waals surface area contributed by atoms with E-state index in [4.69, 9.17) is 26.2 Å². The molecule has 4 nitrogen and oxygen atoms in total. The number of carbonyl (C=O) groups is 1. The number of rotatable bonds is 6. The molecule has 5 heteroatoms. The molecule has 110 valence electrons. The van der Waals surface area contributed by atoms with Crippen LogP contribution in [0.25, 0.3) is 0 Å². The van der Waals surface area contributed by atoms with E-state index in [1.54, 1.807) is 31.2 Å². The summed E-state index contributed by atoms with van der Waals surface area (Å²) < 4.78 is 11.0. The van der Waals surface area contributed by atoms with Crippen molar-refractivity contribution in [2.75, 3.05) is 13.2 Å². The van der Waals surface area contributed by atoms with Crippen molar-refractivity contribution in [1.29, 1.82) is 0 Å². The van der Waals surface area contributed by atoms with Crippen LogP contribution < -0.4 is 9.47 Å². The van der Waals surface area contributed by atoms with Crippen molar-refractivity contribution in [2.45, 2.75) is 6.92 Å². The molecule has 0 aliphatic carbocycles. The molecule has 21 heavy (non-hydrogen) atoms. The molecule has 0 saturated heterocycles. The van der Waals surface area contributed by atoms with Crippen LogP contribution in [0.15, 0.2) is 42.5 Å². The van der Waals surface area contributed by atoms with Crippen LogP contribution in [0.4, 0.5) is 0 Å². The van der Waals surface area contributed by atoms with Gasteiger partial charge in [0.2, 0.25) is 0 Å². The van der Waals surface area contributed by atoms with E-state index < -0.39 is 5.97 Å². The summed E-state index contributed by atoms with van der Waals surface area (Å²) in [5, 5.41) is 9.59. The minimum absolute atomic E-state index is 0.236. The molecule has 1 N–H and O–H groups in total. The van der Waals surface area contributed by atoms with Gasteiger partial charge in [-0.25, -0.2) is 4.79 Å². The van der Waals surface area contributed by atoms with Gasteiger partial charge in [-0.3, -0.25) is 0 Å². The third-order valence-electron chi connectivity index (χ3n) is 2.89. The number of aromatic carboxylic acids is 1. The van der Waals surface area contributed by atoms with E-state index >= 15 is 0 Å². The maximum atomic E-state index is 11.0. The SMILES string of the molecule is Cc1ccc(OCCOc2ccccc2Cl)cc1C(=O)O. The fourth-order valence-corrected chi connectivity index (χ4v) is 1.98. The normalized spacial score (nSPS) is 10.2. The van der Waals surface area contributed by atoms with Crippen LogP contribution in [0.1, 0.15) is 15.9 Å². The first-order valence-corrected chi connectivity index (χ1v) is 6.80. The second-order valence-corrected chi connectivity index (χ2v) is 4.82. The van der Waals surface area contributed by atoms with Crippen molar-refractivity contribution in [3.05, 3.63) is 58.6 Å². The zero-order valence-electron chi connectivity index (χ0n) is 11.5. The van der Waals surface area contributed by atoms with Crippen molar-refractivity contribution >= 4 is 17.6 Å². The molecule has 0 amide bonds. The number of para-hydroxylation sites is 1. The Morgan fingerprint density at radius 1 is 1.14 bits per heavy atom. The minimum atomic E-state index is -0.967. The molecule has 0 aromatic heterocycles. The molecule has 0 atom stereocenters. The molecule has 0 fully saturated rings. The van der Waals surface area contributed by atoms with Crippen molar-refractivity contribution in [1.82, 2.24) is 0 Å². The van der Waals surface area contributed by atoms with Crippen LogP contribution in [-0.4, -0.2) is 24.3 Å². The zero-order valence-corrected chi connectivity index (χ0v) is 12.3. The quantitative estimate of drug-likeness (QED) is 0.825. The highest BCUT2D eigenvalue weighted by molar-refractivity contribution is 6.32. The number of hydrogen-bond acceptors (Lipinski definition) is 3. The van der Waals surface area contributed by atoms with E-state index in [1.165, 1.54) is 6.07 Å². The van der Waals surface area contributed by atoms with Gasteiger partial charge in [0.25, 0.3) is 0 Å². The van der Waals surface area contributed by atoms with Crippen molar-refractivity contribution in [3.8, 4) is 11.5 Å². The first-order valence-electron chi connectivity index (χ1n) is 6.42. The van der Waals surface area contributed by atoms with Crippen molar-refractivity contribution in [2.24, 2.45) is 0 Å². The van der Waals surface area contributed by atoms with Crippen molar-refractivity contribution in [3.63, 3.8) is 0 Å². The highest BCUT2D eigenvalue weighted by atomic mass is 35.5. The summed E-state index contributed by atoms with van der Waals surface area (Å²) >= 11 is 5.96. The van der Waals surface area contributed by atoms with Gasteiger partial charge in [-0.15, -0.1) is 0 Å². The summed E-state index contributed by atoms with van der Waals surface area (Å²) in [4.78, 5) is 11.0. The second-order valence-electron chi connectivity index (χ2n) is 4.41. The summed E-state index contributed by atoms with van der Waals surface area (Å²) in [5.74, 6) is 0.129. The number of aryl methyl sites for hydroxylation is 1. The molecule has 2 aromatic carbocycles. The van der Waals surface area contributed by atoms with Gasteiger partial charge in [0.1, 0.15) is 24.7 Å². The highest BCUT2D eigenvalue weighted by Crippen LogP contribution is 2.23. The summed E-state index contributed by atoms with van der Waals surface area (Å²) in [6.45, 7) is 2.36. The van der Waals surface area contributed by atoms with Crippen molar-refractivity contribution < 1.29 is 19.4 Å². The lowest BCUT2D eigenvalue weighted by Crippen LogP contribution is -2.10. The molecule has 0 spiro atoms. The first-order chi connectivity index (χ1) is 10.1. The van der Waals surface area contributed by atoms with Crippen LogP contribution in [-0.2, 0) is 0 Å². The van der Waals surface area contributed by atoms with E-state index in [2.05, 4.69) is 0 Å². The monoisotopic (exact) mass is 306 g/mol. The summed E-state index contributed by atoms with van der Waals surface area (Å²) in [6, 6.07) is 12.1. The Labute approximate surface area is 127 Å².